The van der Waals surface area contributed by atoms with E-state index in [0.29, 0.717) is 0 Å². The first-order chi connectivity index (χ1) is 8.66. The molecule has 0 spiro atoms. The van der Waals surface area contributed by atoms with Crippen LogP contribution in [0.1, 0.15) is 44.2 Å². The van der Waals surface area contributed by atoms with E-state index in [9.17, 15) is 0 Å². The lowest BCUT2D eigenvalue weighted by Crippen LogP contribution is -2.31. The Morgan fingerprint density at radius 3 is 3.06 bits per heavy atom. The summed E-state index contributed by atoms with van der Waals surface area (Å²) >= 11 is 0. The molecule has 1 aromatic carbocycles. The van der Waals surface area contributed by atoms with Crippen LogP contribution in [0.25, 0.3) is 0 Å². The summed E-state index contributed by atoms with van der Waals surface area (Å²) in [4.78, 5) is 0. The molecule has 2 heteroatoms. The van der Waals surface area contributed by atoms with Crippen LogP contribution in [0.5, 0.6) is 5.75 Å². The molecule has 0 aromatic heterocycles. The summed E-state index contributed by atoms with van der Waals surface area (Å²) in [6.45, 7) is 6.66. The minimum atomic E-state index is 0.0550. The fourth-order valence-electron chi connectivity index (χ4n) is 3.44. The highest BCUT2D eigenvalue weighted by Crippen LogP contribution is 2.39. The van der Waals surface area contributed by atoms with Crippen LogP contribution >= 0.6 is 0 Å². The maximum Gasteiger partial charge on any atom is 0.123 e. The molecular formula is C16H23NO. The summed E-state index contributed by atoms with van der Waals surface area (Å²) in [6.07, 6.45) is 4.77. The van der Waals surface area contributed by atoms with Crippen molar-refractivity contribution in [3.63, 3.8) is 0 Å². The van der Waals surface area contributed by atoms with Gasteiger partial charge in [0, 0.05) is 6.54 Å². The Bertz CT molecular complexity index is 443. The van der Waals surface area contributed by atoms with E-state index in [0.717, 1.165) is 31.2 Å². The van der Waals surface area contributed by atoms with Crippen LogP contribution in [0.2, 0.25) is 0 Å². The molecule has 3 rings (SSSR count). The van der Waals surface area contributed by atoms with Crippen LogP contribution in [0.4, 0.5) is 0 Å². The molecule has 0 radical (unpaired) electrons. The van der Waals surface area contributed by atoms with Gasteiger partial charge in [0.05, 0.1) is 0 Å². The lowest BCUT2D eigenvalue weighted by molar-refractivity contribution is 0.0913. The van der Waals surface area contributed by atoms with Crippen LogP contribution < -0.4 is 10.1 Å². The molecule has 0 saturated heterocycles. The summed E-state index contributed by atoms with van der Waals surface area (Å²) < 4.78 is 6.40. The quantitative estimate of drug-likeness (QED) is 0.863. The molecule has 1 N–H and O–H groups in total. The summed E-state index contributed by atoms with van der Waals surface area (Å²) in [5.41, 5.74) is 2.89. The molecule has 0 amide bonds. The van der Waals surface area contributed by atoms with Gasteiger partial charge in [0.2, 0.25) is 0 Å². The van der Waals surface area contributed by atoms with Gasteiger partial charge in [-0.25, -0.2) is 0 Å². The van der Waals surface area contributed by atoms with Crippen LogP contribution in [-0.4, -0.2) is 12.1 Å². The Balaban J connectivity index is 1.84. The van der Waals surface area contributed by atoms with Crippen molar-refractivity contribution >= 4 is 0 Å². The van der Waals surface area contributed by atoms with E-state index in [1.807, 2.05) is 0 Å². The summed E-state index contributed by atoms with van der Waals surface area (Å²) in [5.74, 6) is 1.93. The fourth-order valence-corrected chi connectivity index (χ4v) is 3.44. The van der Waals surface area contributed by atoms with Crippen molar-refractivity contribution in [1.82, 2.24) is 5.32 Å². The lowest BCUT2D eigenvalue weighted by Gasteiger charge is -2.29. The Morgan fingerprint density at radius 1 is 1.39 bits per heavy atom. The third kappa shape index (κ3) is 2.26. The van der Waals surface area contributed by atoms with Gasteiger partial charge in [-0.3, -0.25) is 0 Å². The smallest absolute Gasteiger partial charge is 0.123 e. The number of hydrogen-bond acceptors (Lipinski definition) is 2. The van der Waals surface area contributed by atoms with E-state index in [2.05, 4.69) is 37.4 Å². The number of hydrogen-bond donors (Lipinski definition) is 1. The molecule has 1 aliphatic heterocycles. The second kappa shape index (κ2) is 4.58. The van der Waals surface area contributed by atoms with Crippen molar-refractivity contribution in [2.75, 3.05) is 6.54 Å². The van der Waals surface area contributed by atoms with E-state index in [4.69, 9.17) is 4.74 Å². The van der Waals surface area contributed by atoms with Gasteiger partial charge in [0.25, 0.3) is 0 Å². The minimum Gasteiger partial charge on any atom is -0.487 e. The normalized spacial score (nSPS) is 31.1. The molecule has 1 saturated carbocycles. The Labute approximate surface area is 110 Å². The van der Waals surface area contributed by atoms with Crippen LogP contribution in [-0.2, 0) is 13.0 Å². The van der Waals surface area contributed by atoms with E-state index >= 15 is 0 Å². The highest BCUT2D eigenvalue weighted by Gasteiger charge is 2.35. The first-order valence-electron chi connectivity index (χ1n) is 7.17. The van der Waals surface area contributed by atoms with Gasteiger partial charge in [0.1, 0.15) is 11.4 Å². The Kier molecular flexibility index (Phi) is 3.06. The number of benzene rings is 1. The van der Waals surface area contributed by atoms with Crippen molar-refractivity contribution in [2.24, 2.45) is 5.92 Å². The van der Waals surface area contributed by atoms with Crippen molar-refractivity contribution in [1.29, 1.82) is 0 Å². The first kappa shape index (κ1) is 12.0. The number of fused-ring (bicyclic) bond motifs is 1. The van der Waals surface area contributed by atoms with E-state index < -0.39 is 0 Å². The van der Waals surface area contributed by atoms with Crippen molar-refractivity contribution < 1.29 is 4.74 Å². The average Bonchev–Trinajstić information content (AvgIpc) is 2.70. The zero-order valence-corrected chi connectivity index (χ0v) is 11.5. The summed E-state index contributed by atoms with van der Waals surface area (Å²) in [7, 11) is 0. The largest absolute Gasteiger partial charge is 0.487 e. The molecule has 2 nitrogen and oxygen atoms in total. The van der Waals surface area contributed by atoms with Crippen LogP contribution in [0, 0.1) is 5.92 Å². The van der Waals surface area contributed by atoms with Gasteiger partial charge in [-0.15, -0.1) is 0 Å². The van der Waals surface area contributed by atoms with Gasteiger partial charge < -0.3 is 10.1 Å². The standard InChI is InChI=1S/C16H23NO/c1-12-6-8-16(2,10-12)18-15-5-3-4-13-11-17-9-7-14(13)15/h3-5,12,17H,6-11H2,1-2H3. The third-order valence-corrected chi connectivity index (χ3v) is 4.40. The maximum atomic E-state index is 6.40. The van der Waals surface area contributed by atoms with Crippen molar-refractivity contribution in [2.45, 2.75) is 51.7 Å². The second-order valence-electron chi connectivity index (χ2n) is 6.22. The van der Waals surface area contributed by atoms with E-state index in [-0.39, 0.29) is 5.60 Å². The molecule has 1 heterocycles. The van der Waals surface area contributed by atoms with Crippen molar-refractivity contribution in [3.05, 3.63) is 29.3 Å². The van der Waals surface area contributed by atoms with Gasteiger partial charge in [0.15, 0.2) is 0 Å². The average molecular weight is 245 g/mol. The molecular weight excluding hydrogens is 222 g/mol. The molecule has 0 bridgehead atoms. The SMILES string of the molecule is CC1CCC(C)(Oc2cccc3c2CCNC3)C1. The number of rotatable bonds is 2. The van der Waals surface area contributed by atoms with E-state index in [1.54, 1.807) is 0 Å². The third-order valence-electron chi connectivity index (χ3n) is 4.40. The van der Waals surface area contributed by atoms with E-state index in [1.165, 1.54) is 30.4 Å². The molecule has 1 aromatic rings. The van der Waals surface area contributed by atoms with Gasteiger partial charge in [-0.1, -0.05) is 19.1 Å². The lowest BCUT2D eigenvalue weighted by atomic mass is 9.98. The predicted molar refractivity (Wildman–Crippen MR) is 73.9 cm³/mol. The topological polar surface area (TPSA) is 21.3 Å². The molecule has 2 atom stereocenters. The van der Waals surface area contributed by atoms with Gasteiger partial charge >= 0.3 is 0 Å². The molecule has 18 heavy (non-hydrogen) atoms. The van der Waals surface area contributed by atoms with Gasteiger partial charge in [-0.2, -0.15) is 0 Å². The zero-order chi connectivity index (χ0) is 12.6. The monoisotopic (exact) mass is 245 g/mol. The molecule has 2 unspecified atom stereocenters. The predicted octanol–water partition coefficient (Wildman–Crippen LogP) is 3.29. The summed E-state index contributed by atoms with van der Waals surface area (Å²) in [6, 6.07) is 6.50. The number of ether oxygens (including phenoxy) is 1. The minimum absolute atomic E-state index is 0.0550. The molecule has 1 fully saturated rings. The molecule has 2 aliphatic rings. The summed E-state index contributed by atoms with van der Waals surface area (Å²) in [5, 5.41) is 3.42. The fraction of sp³-hybridized carbons (Fsp3) is 0.625. The zero-order valence-electron chi connectivity index (χ0n) is 11.5. The van der Waals surface area contributed by atoms with Gasteiger partial charge in [-0.05, 0) is 62.3 Å². The molecule has 98 valence electrons. The highest BCUT2D eigenvalue weighted by atomic mass is 16.5. The number of nitrogens with one attached hydrogen (secondary N) is 1. The first-order valence-corrected chi connectivity index (χ1v) is 7.17. The highest BCUT2D eigenvalue weighted by molar-refractivity contribution is 5.42. The maximum absolute atomic E-state index is 6.40. The molecule has 1 aliphatic carbocycles. The Morgan fingerprint density at radius 2 is 2.28 bits per heavy atom. The Hall–Kier alpha value is -1.02. The van der Waals surface area contributed by atoms with Crippen molar-refractivity contribution in [3.8, 4) is 5.75 Å². The second-order valence-corrected chi connectivity index (χ2v) is 6.22. The van der Waals surface area contributed by atoms with Crippen LogP contribution in [0.3, 0.4) is 0 Å². The van der Waals surface area contributed by atoms with Crippen LogP contribution in [0.15, 0.2) is 18.2 Å².